The van der Waals surface area contributed by atoms with Gasteiger partial charge in [0, 0.05) is 55.0 Å². The Morgan fingerprint density at radius 2 is 2.03 bits per heavy atom. The molecule has 1 N–H and O–H groups in total. The fourth-order valence-corrected chi connectivity index (χ4v) is 8.51. The fraction of sp³-hybridized carbons (Fsp3) is 0.667. The molecule has 1 saturated heterocycles. The van der Waals surface area contributed by atoms with Crippen LogP contribution in [0.2, 0.25) is 0 Å². The molecule has 2 fully saturated rings. The Labute approximate surface area is 193 Å². The standard InChI is InChI=1S/C24H30Cl2N2O3/c1-27-10-7-23-19-15-3-4-16(29)20(19)31-21(23)24(30-2)6-5-22(23,17(27)13-15)14-18(24)28(11-8-25)12-9-26/h3-6,17-18,21,29H,7-14H2,1-2H3. The van der Waals surface area contributed by atoms with Crippen molar-refractivity contribution in [1.82, 2.24) is 9.80 Å². The van der Waals surface area contributed by atoms with Gasteiger partial charge in [0.2, 0.25) is 0 Å². The van der Waals surface area contributed by atoms with Gasteiger partial charge in [-0.05, 0) is 44.5 Å². The molecular formula is C24H30Cl2N2O3. The number of phenols is 1. The lowest BCUT2D eigenvalue weighted by Crippen LogP contribution is -2.81. The lowest BCUT2D eigenvalue weighted by Gasteiger charge is -2.71. The molecule has 31 heavy (non-hydrogen) atoms. The molecule has 7 rings (SSSR count). The number of ether oxygens (including phenoxy) is 2. The van der Waals surface area contributed by atoms with E-state index in [4.69, 9.17) is 32.7 Å². The number of rotatable bonds is 6. The molecule has 4 aliphatic carbocycles. The number of nitrogens with zero attached hydrogens (tertiary/aromatic N) is 2. The second-order valence-corrected chi connectivity index (χ2v) is 10.7. The summed E-state index contributed by atoms with van der Waals surface area (Å²) in [5.41, 5.74) is 1.70. The summed E-state index contributed by atoms with van der Waals surface area (Å²) in [7, 11) is 4.06. The van der Waals surface area contributed by atoms with E-state index in [1.54, 1.807) is 13.2 Å². The van der Waals surface area contributed by atoms with Crippen molar-refractivity contribution in [3.05, 3.63) is 35.4 Å². The Bertz CT molecular complexity index is 951. The van der Waals surface area contributed by atoms with Crippen LogP contribution in [0, 0.1) is 5.41 Å². The van der Waals surface area contributed by atoms with E-state index in [0.717, 1.165) is 38.9 Å². The molecule has 6 unspecified atom stereocenters. The molecule has 2 heterocycles. The van der Waals surface area contributed by atoms with E-state index in [9.17, 15) is 5.11 Å². The third kappa shape index (κ3) is 2.21. The number of phenolic OH excluding ortho intramolecular Hbond substituents is 1. The summed E-state index contributed by atoms with van der Waals surface area (Å²) in [6.07, 6.45) is 7.50. The van der Waals surface area contributed by atoms with Gasteiger partial charge in [0.1, 0.15) is 11.7 Å². The minimum atomic E-state index is -0.611. The van der Waals surface area contributed by atoms with E-state index in [2.05, 4.69) is 35.1 Å². The van der Waals surface area contributed by atoms with Gasteiger partial charge in [-0.3, -0.25) is 4.90 Å². The topological polar surface area (TPSA) is 45.2 Å². The van der Waals surface area contributed by atoms with E-state index in [-0.39, 0.29) is 28.7 Å². The molecule has 5 nitrogen and oxygen atoms in total. The van der Waals surface area contributed by atoms with Crippen molar-refractivity contribution < 1.29 is 14.6 Å². The Morgan fingerprint density at radius 3 is 2.74 bits per heavy atom. The first-order valence-electron chi connectivity index (χ1n) is 11.3. The van der Waals surface area contributed by atoms with Crippen molar-refractivity contribution in [2.45, 2.75) is 48.5 Å². The Hall–Kier alpha value is -0.980. The normalized spacial score (nSPS) is 41.5. The Kier molecular flexibility index (Phi) is 4.50. The van der Waals surface area contributed by atoms with E-state index in [0.29, 0.717) is 23.6 Å². The van der Waals surface area contributed by atoms with E-state index >= 15 is 0 Å². The number of hydrogen-bond donors (Lipinski definition) is 1. The average molecular weight is 465 g/mol. The number of fused-ring (bicyclic) bond motifs is 1. The van der Waals surface area contributed by atoms with Crippen molar-refractivity contribution in [2.24, 2.45) is 5.41 Å². The quantitative estimate of drug-likeness (QED) is 0.517. The van der Waals surface area contributed by atoms with Gasteiger partial charge >= 0.3 is 0 Å². The van der Waals surface area contributed by atoms with Crippen LogP contribution in [-0.4, -0.2) is 84.2 Å². The zero-order valence-corrected chi connectivity index (χ0v) is 19.6. The van der Waals surface area contributed by atoms with Gasteiger partial charge in [-0.2, -0.15) is 0 Å². The summed E-state index contributed by atoms with van der Waals surface area (Å²) >= 11 is 12.5. The first kappa shape index (κ1) is 20.6. The molecule has 4 bridgehead atoms. The van der Waals surface area contributed by atoms with E-state index in [1.807, 2.05) is 0 Å². The van der Waals surface area contributed by atoms with Gasteiger partial charge in [-0.15, -0.1) is 23.2 Å². The highest BCUT2D eigenvalue weighted by Crippen LogP contribution is 2.73. The molecular weight excluding hydrogens is 435 g/mol. The van der Waals surface area contributed by atoms with Crippen molar-refractivity contribution in [2.75, 3.05) is 45.6 Å². The molecule has 168 valence electrons. The molecule has 6 atom stereocenters. The van der Waals surface area contributed by atoms with Gasteiger partial charge in [0.05, 0.1) is 5.41 Å². The number of benzene rings is 1. The number of likely N-dealkylation sites (N-methyl/N-ethyl adjacent to an activating group) is 1. The summed E-state index contributed by atoms with van der Waals surface area (Å²) in [4.78, 5) is 4.94. The van der Waals surface area contributed by atoms with Crippen molar-refractivity contribution in [1.29, 1.82) is 0 Å². The molecule has 2 spiro atoms. The first-order chi connectivity index (χ1) is 15.0. The first-order valence-corrected chi connectivity index (χ1v) is 12.4. The maximum absolute atomic E-state index is 10.8. The van der Waals surface area contributed by atoms with Crippen molar-refractivity contribution >= 4 is 23.2 Å². The predicted octanol–water partition coefficient (Wildman–Crippen LogP) is 3.14. The summed E-state index contributed by atoms with van der Waals surface area (Å²) in [6.45, 7) is 2.54. The van der Waals surface area contributed by atoms with Gasteiger partial charge < -0.3 is 19.5 Å². The molecule has 2 aliphatic heterocycles. The summed E-state index contributed by atoms with van der Waals surface area (Å²) in [5, 5.41) is 10.8. The number of likely N-dealkylation sites (tertiary alicyclic amines) is 1. The van der Waals surface area contributed by atoms with Crippen LogP contribution >= 0.6 is 23.2 Å². The van der Waals surface area contributed by atoms with Crippen LogP contribution < -0.4 is 4.74 Å². The number of halogens is 2. The summed E-state index contributed by atoms with van der Waals surface area (Å²) in [6, 6.07) is 4.41. The van der Waals surface area contributed by atoms with Crippen LogP contribution in [0.3, 0.4) is 0 Å². The zero-order chi connectivity index (χ0) is 21.6. The molecule has 7 heteroatoms. The molecule has 6 aliphatic rings. The summed E-state index contributed by atoms with van der Waals surface area (Å²) < 4.78 is 13.2. The molecule has 0 aromatic heterocycles. The van der Waals surface area contributed by atoms with Gasteiger partial charge in [-0.25, -0.2) is 0 Å². The van der Waals surface area contributed by atoms with E-state index < -0.39 is 5.60 Å². The Balaban J connectivity index is 1.61. The minimum Gasteiger partial charge on any atom is -0.504 e. The highest BCUT2D eigenvalue weighted by Gasteiger charge is 2.79. The smallest absolute Gasteiger partial charge is 0.165 e. The number of alkyl halides is 2. The largest absolute Gasteiger partial charge is 0.504 e. The minimum absolute atomic E-state index is 0.0709. The SMILES string of the molecule is COC12C=CC3(CC1N(CCCl)CCCl)C1Cc4ccc(O)c5c4C3(CCN1C)C2O5. The van der Waals surface area contributed by atoms with Gasteiger partial charge in [-0.1, -0.05) is 18.2 Å². The maximum atomic E-state index is 10.8. The highest BCUT2D eigenvalue weighted by atomic mass is 35.5. The Morgan fingerprint density at radius 1 is 1.26 bits per heavy atom. The number of methoxy groups -OCH3 is 1. The maximum Gasteiger partial charge on any atom is 0.165 e. The third-order valence-electron chi connectivity index (χ3n) is 9.22. The fourth-order valence-electron chi connectivity index (χ4n) is 8.07. The van der Waals surface area contributed by atoms with E-state index in [1.165, 1.54) is 11.1 Å². The number of hydrogen-bond acceptors (Lipinski definition) is 5. The molecule has 0 amide bonds. The van der Waals surface area contributed by atoms with Crippen LogP contribution in [0.1, 0.15) is 24.0 Å². The highest BCUT2D eigenvalue weighted by molar-refractivity contribution is 6.18. The number of aromatic hydroxyl groups is 1. The number of piperidine rings is 1. The molecule has 1 saturated carbocycles. The lowest BCUT2D eigenvalue weighted by molar-refractivity contribution is -0.217. The van der Waals surface area contributed by atoms with Crippen LogP contribution in [0.25, 0.3) is 0 Å². The van der Waals surface area contributed by atoms with Crippen LogP contribution in [0.15, 0.2) is 24.3 Å². The van der Waals surface area contributed by atoms with Crippen LogP contribution in [-0.2, 0) is 16.6 Å². The van der Waals surface area contributed by atoms with Gasteiger partial charge in [0.15, 0.2) is 11.5 Å². The van der Waals surface area contributed by atoms with Crippen molar-refractivity contribution in [3.63, 3.8) is 0 Å². The average Bonchev–Trinajstić information content (AvgIpc) is 3.15. The second kappa shape index (κ2) is 6.77. The summed E-state index contributed by atoms with van der Waals surface area (Å²) in [5.74, 6) is 2.03. The monoisotopic (exact) mass is 464 g/mol. The lowest BCUT2D eigenvalue weighted by atomic mass is 9.38. The molecule has 1 aromatic rings. The van der Waals surface area contributed by atoms with Crippen molar-refractivity contribution in [3.8, 4) is 11.5 Å². The zero-order valence-electron chi connectivity index (χ0n) is 18.1. The van der Waals surface area contributed by atoms with Gasteiger partial charge in [0.25, 0.3) is 0 Å². The molecule has 0 radical (unpaired) electrons. The predicted molar refractivity (Wildman–Crippen MR) is 122 cm³/mol. The molecule has 1 aromatic carbocycles. The second-order valence-electron chi connectivity index (χ2n) is 9.93. The van der Waals surface area contributed by atoms with Crippen LogP contribution in [0.4, 0.5) is 0 Å². The van der Waals surface area contributed by atoms with Crippen LogP contribution in [0.5, 0.6) is 11.5 Å². The third-order valence-corrected chi connectivity index (χ3v) is 9.56.